The zero-order chi connectivity index (χ0) is 15.3. The number of hydrogen-bond acceptors (Lipinski definition) is 3. The fraction of sp³-hybridized carbons (Fsp3) is 1.00. The van der Waals surface area contributed by atoms with Crippen molar-refractivity contribution in [3.8, 4) is 0 Å². The number of unbranched alkanes of at least 4 members (excludes halogenated alkanes) is 7. The second-order valence-electron chi connectivity index (χ2n) is 6.06. The summed E-state index contributed by atoms with van der Waals surface area (Å²) in [6, 6.07) is 0. The maximum atomic E-state index is 10.8. The maximum absolute atomic E-state index is 10.8. The molecule has 124 valence electrons. The third-order valence-corrected chi connectivity index (χ3v) is 7.02. The molecular weight excluding hydrogens is 271 g/mol. The fourth-order valence-electron chi connectivity index (χ4n) is 2.40. The average Bonchev–Trinajstić information content (AvgIpc) is 2.39. The van der Waals surface area contributed by atoms with Crippen LogP contribution in [0, 0.1) is 0 Å². The van der Waals surface area contributed by atoms with Crippen LogP contribution >= 0.6 is 7.28 Å². The molecule has 0 bridgehead atoms. The normalized spacial score (nSPS) is 14.2. The van der Waals surface area contributed by atoms with E-state index in [1.165, 1.54) is 12.8 Å². The van der Waals surface area contributed by atoms with Gasteiger partial charge in [-0.3, -0.25) is 0 Å². The molecule has 0 unspecified atom stereocenters. The third kappa shape index (κ3) is 10.1. The van der Waals surface area contributed by atoms with E-state index in [1.807, 2.05) is 0 Å². The molecule has 0 aromatic rings. The Bertz CT molecular complexity index is 218. The van der Waals surface area contributed by atoms with Crippen molar-refractivity contribution in [2.24, 2.45) is 0 Å². The molecule has 0 aliphatic carbocycles. The van der Waals surface area contributed by atoms with Crippen LogP contribution < -0.4 is 0 Å². The zero-order valence-electron chi connectivity index (χ0n) is 13.9. The average molecular weight is 308 g/mol. The Kier molecular flexibility index (Phi) is 11.1. The monoisotopic (exact) mass is 308 g/mol. The first kappa shape index (κ1) is 20.3. The van der Waals surface area contributed by atoms with Gasteiger partial charge < -0.3 is 0 Å². The van der Waals surface area contributed by atoms with Crippen LogP contribution in [-0.4, -0.2) is 28.7 Å². The molecule has 2 N–H and O–H groups in total. The quantitative estimate of drug-likeness (QED) is 0.340. The molecule has 0 aliphatic rings. The van der Waals surface area contributed by atoms with Gasteiger partial charge in [0.2, 0.25) is 0 Å². The van der Waals surface area contributed by atoms with Crippen LogP contribution in [0.25, 0.3) is 0 Å². The van der Waals surface area contributed by atoms with Crippen molar-refractivity contribution in [1.29, 1.82) is 0 Å². The molecule has 0 heterocycles. The van der Waals surface area contributed by atoms with Gasteiger partial charge in [0.15, 0.2) is 0 Å². The van der Waals surface area contributed by atoms with Gasteiger partial charge in [-0.15, -0.1) is 0 Å². The van der Waals surface area contributed by atoms with Crippen LogP contribution in [0.5, 0.6) is 0 Å². The van der Waals surface area contributed by atoms with E-state index in [0.717, 1.165) is 51.4 Å². The SMILES string of the molecule is CCCCCCOP(O)(O)(CCCCC)CCCCC. The third-order valence-electron chi connectivity index (χ3n) is 3.81. The molecule has 3 nitrogen and oxygen atoms in total. The van der Waals surface area contributed by atoms with Crippen molar-refractivity contribution in [2.45, 2.75) is 85.0 Å². The van der Waals surface area contributed by atoms with E-state index in [1.54, 1.807) is 0 Å². The van der Waals surface area contributed by atoms with Gasteiger partial charge in [-0.25, -0.2) is 0 Å². The minimum absolute atomic E-state index is 0.455. The van der Waals surface area contributed by atoms with Crippen molar-refractivity contribution in [2.75, 3.05) is 18.9 Å². The molecule has 0 saturated carbocycles. The molecule has 0 atom stereocenters. The first-order valence-corrected chi connectivity index (χ1v) is 11.1. The molecule has 0 saturated heterocycles. The van der Waals surface area contributed by atoms with Crippen LogP contribution in [0.4, 0.5) is 0 Å². The molecule has 20 heavy (non-hydrogen) atoms. The van der Waals surface area contributed by atoms with Gasteiger partial charge in [0.1, 0.15) is 0 Å². The van der Waals surface area contributed by atoms with Gasteiger partial charge in [0, 0.05) is 0 Å². The van der Waals surface area contributed by atoms with E-state index in [-0.39, 0.29) is 0 Å². The molecule has 4 heteroatoms. The van der Waals surface area contributed by atoms with Crippen LogP contribution in [0.2, 0.25) is 0 Å². The molecule has 0 aromatic carbocycles. The Morgan fingerprint density at radius 3 is 1.55 bits per heavy atom. The summed E-state index contributed by atoms with van der Waals surface area (Å²) in [6.07, 6.45) is 11.4. The summed E-state index contributed by atoms with van der Waals surface area (Å²) in [4.78, 5) is 21.5. The minimum atomic E-state index is -3.86. The Morgan fingerprint density at radius 1 is 0.650 bits per heavy atom. The van der Waals surface area contributed by atoms with Gasteiger partial charge in [-0.05, 0) is 0 Å². The number of rotatable bonds is 14. The van der Waals surface area contributed by atoms with E-state index >= 15 is 0 Å². The topological polar surface area (TPSA) is 49.7 Å². The summed E-state index contributed by atoms with van der Waals surface area (Å²) in [7, 11) is -3.86. The Hall–Kier alpha value is 0.310. The van der Waals surface area contributed by atoms with Crippen molar-refractivity contribution in [3.05, 3.63) is 0 Å². The number of hydrogen-bond donors (Lipinski definition) is 2. The second-order valence-corrected chi connectivity index (χ2v) is 9.81. The van der Waals surface area contributed by atoms with Crippen molar-refractivity contribution in [3.63, 3.8) is 0 Å². The van der Waals surface area contributed by atoms with E-state index in [9.17, 15) is 9.79 Å². The predicted octanol–water partition coefficient (Wildman–Crippen LogP) is 5.25. The molecule has 0 aromatic heterocycles. The van der Waals surface area contributed by atoms with Crippen LogP contribution in [0.3, 0.4) is 0 Å². The summed E-state index contributed by atoms with van der Waals surface area (Å²) in [5.74, 6) is 0. The van der Waals surface area contributed by atoms with E-state index in [2.05, 4.69) is 20.8 Å². The van der Waals surface area contributed by atoms with Crippen LogP contribution in [0.1, 0.15) is 85.0 Å². The molecule has 0 spiro atoms. The summed E-state index contributed by atoms with van der Waals surface area (Å²) >= 11 is 0. The van der Waals surface area contributed by atoms with Gasteiger partial charge >= 0.3 is 126 Å². The molecule has 0 fully saturated rings. The van der Waals surface area contributed by atoms with Crippen LogP contribution in [0.15, 0.2) is 0 Å². The van der Waals surface area contributed by atoms with Crippen LogP contribution in [-0.2, 0) is 4.52 Å². The van der Waals surface area contributed by atoms with Gasteiger partial charge in [-0.2, -0.15) is 0 Å². The Labute approximate surface area is 126 Å². The first-order valence-electron chi connectivity index (χ1n) is 8.63. The summed E-state index contributed by atoms with van der Waals surface area (Å²) in [5.41, 5.74) is 0. The van der Waals surface area contributed by atoms with Gasteiger partial charge in [-0.1, -0.05) is 0 Å². The fourth-order valence-corrected chi connectivity index (χ4v) is 5.15. The van der Waals surface area contributed by atoms with E-state index in [4.69, 9.17) is 4.52 Å². The summed E-state index contributed by atoms with van der Waals surface area (Å²) in [6.45, 7) is 6.94. The molecule has 0 radical (unpaired) electrons. The molecule has 0 rings (SSSR count). The van der Waals surface area contributed by atoms with E-state index < -0.39 is 7.28 Å². The molecule has 0 aliphatic heterocycles. The Morgan fingerprint density at radius 2 is 1.10 bits per heavy atom. The second kappa shape index (κ2) is 11.0. The zero-order valence-corrected chi connectivity index (χ0v) is 14.8. The van der Waals surface area contributed by atoms with Gasteiger partial charge in [0.05, 0.1) is 0 Å². The predicted molar refractivity (Wildman–Crippen MR) is 90.2 cm³/mol. The van der Waals surface area contributed by atoms with Gasteiger partial charge in [0.25, 0.3) is 0 Å². The molecular formula is C16H37O3P. The molecule has 0 amide bonds. The summed E-state index contributed by atoms with van der Waals surface area (Å²) < 4.78 is 5.70. The van der Waals surface area contributed by atoms with Crippen molar-refractivity contribution >= 4 is 7.28 Å². The van der Waals surface area contributed by atoms with E-state index in [0.29, 0.717) is 18.9 Å². The van der Waals surface area contributed by atoms with Crippen molar-refractivity contribution < 1.29 is 14.3 Å². The Balaban J connectivity index is 4.27. The summed E-state index contributed by atoms with van der Waals surface area (Å²) in [5, 5.41) is 0. The van der Waals surface area contributed by atoms with Crippen molar-refractivity contribution in [1.82, 2.24) is 0 Å². The standard InChI is InChI=1S/C16H37O3P/c1-4-7-10-11-14-19-20(17,18,15-12-8-5-2)16-13-9-6-3/h17-18H,4-16H2,1-3H3. The first-order chi connectivity index (χ1) is 9.46.